The third-order valence-electron chi connectivity index (χ3n) is 2.60. The van der Waals surface area contributed by atoms with Crippen molar-refractivity contribution in [2.75, 3.05) is 26.0 Å². The van der Waals surface area contributed by atoms with E-state index < -0.39 is 0 Å². The van der Waals surface area contributed by atoms with Gasteiger partial charge in [0.2, 0.25) is 5.13 Å². The smallest absolute Gasteiger partial charge is 0.208 e. The largest absolute Gasteiger partial charge is 0.353 e. The van der Waals surface area contributed by atoms with Crippen molar-refractivity contribution in [3.8, 4) is 0 Å². The highest BCUT2D eigenvalue weighted by Crippen LogP contribution is 2.35. The predicted octanol–water partition coefficient (Wildman–Crippen LogP) is 1.52. The highest BCUT2D eigenvalue weighted by Gasteiger charge is 2.16. The van der Waals surface area contributed by atoms with E-state index in [1.807, 2.05) is 44.7 Å². The number of rotatable bonds is 5. The molecule has 0 atom stereocenters. The number of aromatic nitrogens is 4. The summed E-state index contributed by atoms with van der Waals surface area (Å²) in [6.07, 6.45) is 0. The first-order valence-corrected chi connectivity index (χ1v) is 7.52. The Morgan fingerprint density at radius 3 is 2.68 bits per heavy atom. The van der Waals surface area contributed by atoms with Crippen LogP contribution in [0.5, 0.6) is 0 Å². The first-order valence-electron chi connectivity index (χ1n) is 5.88. The molecule has 0 saturated heterocycles. The summed E-state index contributed by atoms with van der Waals surface area (Å²) >= 11 is 3.20. The van der Waals surface area contributed by atoms with Gasteiger partial charge in [-0.15, -0.1) is 10.2 Å². The number of nitrogens with one attached hydrogen (secondary N) is 1. The van der Waals surface area contributed by atoms with E-state index in [0.29, 0.717) is 0 Å². The second-order valence-corrected chi connectivity index (χ2v) is 6.56. The van der Waals surface area contributed by atoms with Gasteiger partial charge in [0.15, 0.2) is 4.34 Å². The molecule has 0 aliphatic carbocycles. The van der Waals surface area contributed by atoms with E-state index in [9.17, 15) is 0 Å². The molecule has 1 N–H and O–H groups in total. The van der Waals surface area contributed by atoms with Crippen LogP contribution in [0.3, 0.4) is 0 Å². The molecule has 0 saturated carbocycles. The van der Waals surface area contributed by atoms with E-state index >= 15 is 0 Å². The van der Waals surface area contributed by atoms with Crippen LogP contribution in [-0.4, -0.2) is 41.1 Å². The number of aryl methyl sites for hydroxylation is 2. The minimum absolute atomic E-state index is 0.807. The van der Waals surface area contributed by atoms with Gasteiger partial charge in [0.1, 0.15) is 5.03 Å². The van der Waals surface area contributed by atoms with Crippen molar-refractivity contribution in [2.45, 2.75) is 22.8 Å². The van der Waals surface area contributed by atoms with Crippen molar-refractivity contribution < 1.29 is 0 Å². The molecule has 104 valence electrons. The van der Waals surface area contributed by atoms with Gasteiger partial charge in [-0.25, -0.2) is 0 Å². The Kier molecular flexibility index (Phi) is 4.43. The van der Waals surface area contributed by atoms with Crippen molar-refractivity contribution in [1.82, 2.24) is 25.3 Å². The predicted molar refractivity (Wildman–Crippen MR) is 79.1 cm³/mol. The molecule has 0 fully saturated rings. The zero-order chi connectivity index (χ0) is 14.0. The normalized spacial score (nSPS) is 11.0. The van der Waals surface area contributed by atoms with Crippen LogP contribution in [0.15, 0.2) is 9.37 Å². The van der Waals surface area contributed by atoms with E-state index in [0.717, 1.165) is 26.7 Å². The fraction of sp³-hybridized carbons (Fsp3) is 0.545. The van der Waals surface area contributed by atoms with Crippen LogP contribution in [0.1, 0.15) is 11.3 Å². The molecule has 0 aliphatic heterocycles. The third-order valence-corrected chi connectivity index (χ3v) is 4.95. The molecule has 0 aliphatic rings. The molecule has 0 aromatic carbocycles. The number of hydrogen-bond acceptors (Lipinski definition) is 7. The Morgan fingerprint density at radius 2 is 2.11 bits per heavy atom. The Balaban J connectivity index is 2.26. The van der Waals surface area contributed by atoms with E-state index in [4.69, 9.17) is 0 Å². The maximum absolute atomic E-state index is 4.47. The molecule has 2 rings (SSSR count). The van der Waals surface area contributed by atoms with Crippen LogP contribution < -0.4 is 10.2 Å². The first-order chi connectivity index (χ1) is 9.02. The monoisotopic (exact) mass is 298 g/mol. The third kappa shape index (κ3) is 3.07. The molecule has 19 heavy (non-hydrogen) atoms. The Morgan fingerprint density at radius 1 is 1.37 bits per heavy atom. The fourth-order valence-electron chi connectivity index (χ4n) is 1.70. The number of nitrogens with zero attached hydrogens (tertiary/aromatic N) is 5. The molecule has 2 heterocycles. The van der Waals surface area contributed by atoms with E-state index in [1.165, 1.54) is 5.56 Å². The van der Waals surface area contributed by atoms with Gasteiger partial charge in [-0.1, -0.05) is 11.3 Å². The molecule has 0 amide bonds. The fourth-order valence-corrected chi connectivity index (χ4v) is 3.59. The zero-order valence-corrected chi connectivity index (χ0v) is 13.4. The second kappa shape index (κ2) is 5.89. The lowest BCUT2D eigenvalue weighted by Gasteiger charge is -2.04. The Bertz CT molecular complexity index is 560. The lowest BCUT2D eigenvalue weighted by atomic mass is 10.3. The van der Waals surface area contributed by atoms with Crippen molar-refractivity contribution in [1.29, 1.82) is 0 Å². The molecule has 6 nitrogen and oxygen atoms in total. The molecule has 0 radical (unpaired) electrons. The van der Waals surface area contributed by atoms with Crippen LogP contribution in [-0.2, 0) is 13.6 Å². The molecule has 8 heteroatoms. The molecular formula is C11H18N6S2. The maximum atomic E-state index is 4.47. The van der Waals surface area contributed by atoms with Crippen molar-refractivity contribution in [3.05, 3.63) is 11.3 Å². The van der Waals surface area contributed by atoms with Crippen molar-refractivity contribution in [2.24, 2.45) is 7.05 Å². The second-order valence-electron chi connectivity index (χ2n) is 4.37. The van der Waals surface area contributed by atoms with Gasteiger partial charge in [-0.2, -0.15) is 5.10 Å². The van der Waals surface area contributed by atoms with Crippen LogP contribution in [0.2, 0.25) is 0 Å². The molecule has 2 aromatic rings. The van der Waals surface area contributed by atoms with Gasteiger partial charge < -0.3 is 10.2 Å². The van der Waals surface area contributed by atoms with Gasteiger partial charge in [0, 0.05) is 33.3 Å². The minimum Gasteiger partial charge on any atom is -0.353 e. The lowest BCUT2D eigenvalue weighted by molar-refractivity contribution is 0.683. The van der Waals surface area contributed by atoms with Gasteiger partial charge in [0.05, 0.1) is 5.69 Å². The summed E-state index contributed by atoms with van der Waals surface area (Å²) in [4.78, 5) is 1.96. The van der Waals surface area contributed by atoms with Crippen LogP contribution >= 0.6 is 23.1 Å². The van der Waals surface area contributed by atoms with Crippen LogP contribution in [0.25, 0.3) is 0 Å². The highest BCUT2D eigenvalue weighted by molar-refractivity contribution is 8.01. The molecule has 0 bridgehead atoms. The summed E-state index contributed by atoms with van der Waals surface area (Å²) < 4.78 is 2.84. The molecule has 2 aromatic heterocycles. The summed E-state index contributed by atoms with van der Waals surface area (Å²) in [5, 5.41) is 18.0. The van der Waals surface area contributed by atoms with Crippen LogP contribution in [0, 0.1) is 6.92 Å². The Hall–Kier alpha value is -1.12. The molecule has 0 unspecified atom stereocenters. The SMILES string of the molecule is CNCc1c(C)nn(C)c1Sc1nnc(N(C)C)s1. The standard InChI is InChI=1S/C11H18N6S2/c1-7-8(6-12-2)9(17(5)15-7)18-11-14-13-10(19-11)16(3)4/h12H,6H2,1-5H3. The van der Waals surface area contributed by atoms with Crippen molar-refractivity contribution >= 4 is 28.2 Å². The van der Waals surface area contributed by atoms with Gasteiger partial charge in [0.25, 0.3) is 0 Å². The maximum Gasteiger partial charge on any atom is 0.208 e. The summed E-state index contributed by atoms with van der Waals surface area (Å²) in [5.74, 6) is 0. The zero-order valence-electron chi connectivity index (χ0n) is 11.8. The van der Waals surface area contributed by atoms with Crippen LogP contribution in [0.4, 0.5) is 5.13 Å². The summed E-state index contributed by atoms with van der Waals surface area (Å²) in [5.41, 5.74) is 2.27. The Labute approximate surface area is 121 Å². The van der Waals surface area contributed by atoms with E-state index in [-0.39, 0.29) is 0 Å². The van der Waals surface area contributed by atoms with E-state index in [1.54, 1.807) is 23.1 Å². The van der Waals surface area contributed by atoms with Gasteiger partial charge in [-0.05, 0) is 25.7 Å². The quantitative estimate of drug-likeness (QED) is 0.903. The summed E-state index contributed by atoms with van der Waals surface area (Å²) in [6, 6.07) is 0. The summed E-state index contributed by atoms with van der Waals surface area (Å²) in [7, 11) is 7.84. The van der Waals surface area contributed by atoms with E-state index in [2.05, 4.69) is 20.6 Å². The van der Waals surface area contributed by atoms with Crippen molar-refractivity contribution in [3.63, 3.8) is 0 Å². The highest BCUT2D eigenvalue weighted by atomic mass is 32.2. The van der Waals surface area contributed by atoms with Gasteiger partial charge in [-0.3, -0.25) is 4.68 Å². The summed E-state index contributed by atoms with van der Waals surface area (Å²) in [6.45, 7) is 2.84. The molecule has 0 spiro atoms. The average molecular weight is 298 g/mol. The lowest BCUT2D eigenvalue weighted by Crippen LogP contribution is -2.07. The topological polar surface area (TPSA) is 58.9 Å². The number of hydrogen-bond donors (Lipinski definition) is 1. The van der Waals surface area contributed by atoms with Gasteiger partial charge >= 0.3 is 0 Å². The average Bonchev–Trinajstić information content (AvgIpc) is 2.90. The number of anilines is 1. The molecular weight excluding hydrogens is 280 g/mol. The minimum atomic E-state index is 0.807. The first kappa shape index (κ1) is 14.3.